The maximum atomic E-state index is 11.4. The summed E-state index contributed by atoms with van der Waals surface area (Å²) in [5.41, 5.74) is 5.77. The van der Waals surface area contributed by atoms with E-state index in [1.807, 2.05) is 0 Å². The molecule has 17 heavy (non-hydrogen) atoms. The lowest BCUT2D eigenvalue weighted by Crippen LogP contribution is -2.21. The Labute approximate surface area is 98.2 Å². The molecule has 0 radical (unpaired) electrons. The van der Waals surface area contributed by atoms with Gasteiger partial charge in [0.2, 0.25) is 5.91 Å². The summed E-state index contributed by atoms with van der Waals surface area (Å²) in [6.07, 6.45) is -0.203. The first-order valence-electron chi connectivity index (χ1n) is 4.94. The molecule has 0 fully saturated rings. The van der Waals surface area contributed by atoms with E-state index in [9.17, 15) is 14.4 Å². The van der Waals surface area contributed by atoms with Crippen LogP contribution in [0.3, 0.4) is 0 Å². The fourth-order valence-electron chi connectivity index (χ4n) is 1.25. The number of Topliss-reactive ketones (excluding diaryl/α,β-unsaturated/α-hetero) is 1. The van der Waals surface area contributed by atoms with Crippen molar-refractivity contribution in [3.05, 3.63) is 24.3 Å². The Kier molecular flexibility index (Phi) is 4.21. The van der Waals surface area contributed by atoms with Crippen LogP contribution in [0, 0.1) is 0 Å². The molecule has 4 N–H and O–H groups in total. The highest BCUT2D eigenvalue weighted by molar-refractivity contribution is 6.05. The molecule has 90 valence electrons. The van der Waals surface area contributed by atoms with E-state index in [1.165, 1.54) is 6.92 Å². The Bertz CT molecular complexity index is 457. The summed E-state index contributed by atoms with van der Waals surface area (Å²) in [7, 11) is 0. The zero-order chi connectivity index (χ0) is 12.8. The molecule has 1 rings (SSSR count). The monoisotopic (exact) mass is 235 g/mol. The normalized spacial score (nSPS) is 9.47. The molecule has 0 aliphatic heterocycles. The number of hydrogen-bond donors (Lipinski definition) is 3. The summed E-state index contributed by atoms with van der Waals surface area (Å²) in [6.45, 7) is 1.33. The fraction of sp³-hybridized carbons (Fsp3) is 0.182. The summed E-state index contributed by atoms with van der Waals surface area (Å²) in [4.78, 5) is 32.9. The van der Waals surface area contributed by atoms with Gasteiger partial charge in [-0.25, -0.2) is 4.79 Å². The van der Waals surface area contributed by atoms with Crippen molar-refractivity contribution in [2.45, 2.75) is 13.3 Å². The van der Waals surface area contributed by atoms with Gasteiger partial charge in [-0.1, -0.05) is 12.1 Å². The van der Waals surface area contributed by atoms with Crippen LogP contribution in [0.5, 0.6) is 0 Å². The lowest BCUT2D eigenvalue weighted by Gasteiger charge is -2.10. The highest BCUT2D eigenvalue weighted by Crippen LogP contribution is 2.20. The van der Waals surface area contributed by atoms with Gasteiger partial charge in [0, 0.05) is 0 Å². The van der Waals surface area contributed by atoms with Crippen molar-refractivity contribution in [3.63, 3.8) is 0 Å². The molecular weight excluding hydrogens is 222 g/mol. The van der Waals surface area contributed by atoms with Crippen LogP contribution in [0.25, 0.3) is 0 Å². The van der Waals surface area contributed by atoms with E-state index >= 15 is 0 Å². The highest BCUT2D eigenvalue weighted by atomic mass is 16.2. The first-order chi connectivity index (χ1) is 7.99. The number of carbonyl (C=O) groups excluding carboxylic acids is 3. The zero-order valence-electron chi connectivity index (χ0n) is 9.32. The molecule has 0 heterocycles. The Morgan fingerprint density at radius 3 is 2.12 bits per heavy atom. The van der Waals surface area contributed by atoms with Crippen LogP contribution in [0.4, 0.5) is 16.2 Å². The van der Waals surface area contributed by atoms with Crippen LogP contribution in [-0.4, -0.2) is 17.7 Å². The van der Waals surface area contributed by atoms with Crippen LogP contribution in [0.15, 0.2) is 24.3 Å². The maximum Gasteiger partial charge on any atom is 0.316 e. The average molecular weight is 235 g/mol. The molecule has 0 aliphatic rings. The molecule has 0 aromatic heterocycles. The number of anilines is 2. The van der Waals surface area contributed by atoms with Crippen molar-refractivity contribution < 1.29 is 14.4 Å². The summed E-state index contributed by atoms with van der Waals surface area (Å²) >= 11 is 0. The van der Waals surface area contributed by atoms with E-state index in [2.05, 4.69) is 10.6 Å². The number of hydrogen-bond acceptors (Lipinski definition) is 3. The molecule has 6 heteroatoms. The smallest absolute Gasteiger partial charge is 0.316 e. The first-order valence-corrected chi connectivity index (χ1v) is 4.94. The molecule has 0 saturated carbocycles. The standard InChI is InChI=1S/C11H13N3O3/c1-7(15)6-10(16)13-8-4-2-3-5-9(8)14-11(12)17/h2-5H,6H2,1H3,(H,13,16)(H3,12,14,17). The van der Waals surface area contributed by atoms with E-state index in [0.29, 0.717) is 11.4 Å². The van der Waals surface area contributed by atoms with Gasteiger partial charge in [0.1, 0.15) is 5.78 Å². The Balaban J connectivity index is 2.79. The van der Waals surface area contributed by atoms with Crippen LogP contribution in [0.1, 0.15) is 13.3 Å². The van der Waals surface area contributed by atoms with Gasteiger partial charge in [-0.05, 0) is 19.1 Å². The molecule has 3 amide bonds. The lowest BCUT2D eigenvalue weighted by molar-refractivity contribution is -0.124. The van der Waals surface area contributed by atoms with Gasteiger partial charge in [0.05, 0.1) is 17.8 Å². The lowest BCUT2D eigenvalue weighted by atomic mass is 10.2. The van der Waals surface area contributed by atoms with Crippen molar-refractivity contribution in [3.8, 4) is 0 Å². The van der Waals surface area contributed by atoms with Crippen LogP contribution >= 0.6 is 0 Å². The second kappa shape index (κ2) is 5.64. The Morgan fingerprint density at radius 1 is 1.12 bits per heavy atom. The summed E-state index contributed by atoms with van der Waals surface area (Å²) < 4.78 is 0. The number of urea groups is 1. The summed E-state index contributed by atoms with van der Waals surface area (Å²) in [6, 6.07) is 5.84. The Hall–Kier alpha value is -2.37. The molecular formula is C11H13N3O3. The minimum Gasteiger partial charge on any atom is -0.351 e. The fourth-order valence-corrected chi connectivity index (χ4v) is 1.25. The van der Waals surface area contributed by atoms with E-state index < -0.39 is 11.9 Å². The Morgan fingerprint density at radius 2 is 1.65 bits per heavy atom. The van der Waals surface area contributed by atoms with Crippen molar-refractivity contribution in [2.24, 2.45) is 5.73 Å². The molecule has 1 aromatic rings. The predicted octanol–water partition coefficient (Wildman–Crippen LogP) is 1.09. The van der Waals surface area contributed by atoms with Gasteiger partial charge in [0.25, 0.3) is 0 Å². The van der Waals surface area contributed by atoms with Crippen LogP contribution in [-0.2, 0) is 9.59 Å². The molecule has 0 unspecified atom stereocenters. The van der Waals surface area contributed by atoms with Crippen LogP contribution < -0.4 is 16.4 Å². The van der Waals surface area contributed by atoms with Gasteiger partial charge in [-0.15, -0.1) is 0 Å². The van der Waals surface area contributed by atoms with Crippen molar-refractivity contribution >= 4 is 29.1 Å². The van der Waals surface area contributed by atoms with Gasteiger partial charge >= 0.3 is 6.03 Å². The predicted molar refractivity (Wildman–Crippen MR) is 63.6 cm³/mol. The number of para-hydroxylation sites is 2. The molecule has 0 spiro atoms. The van der Waals surface area contributed by atoms with Crippen molar-refractivity contribution in [1.82, 2.24) is 0 Å². The molecule has 0 aliphatic carbocycles. The highest BCUT2D eigenvalue weighted by Gasteiger charge is 2.09. The minimum absolute atomic E-state index is 0.203. The molecule has 6 nitrogen and oxygen atoms in total. The van der Waals surface area contributed by atoms with Gasteiger partial charge in [-0.2, -0.15) is 0 Å². The topological polar surface area (TPSA) is 101 Å². The van der Waals surface area contributed by atoms with Crippen molar-refractivity contribution in [1.29, 1.82) is 0 Å². The van der Waals surface area contributed by atoms with Crippen LogP contribution in [0.2, 0.25) is 0 Å². The van der Waals surface area contributed by atoms with E-state index in [4.69, 9.17) is 5.73 Å². The van der Waals surface area contributed by atoms with Gasteiger partial charge < -0.3 is 16.4 Å². The largest absolute Gasteiger partial charge is 0.351 e. The third-order valence-corrected chi connectivity index (χ3v) is 1.87. The summed E-state index contributed by atoms with van der Waals surface area (Å²) in [5, 5.41) is 4.89. The minimum atomic E-state index is -0.724. The molecule has 0 bridgehead atoms. The van der Waals surface area contributed by atoms with Gasteiger partial charge in [-0.3, -0.25) is 9.59 Å². The first kappa shape index (κ1) is 12.7. The summed E-state index contributed by atoms with van der Waals surface area (Å²) in [5.74, 6) is -0.668. The molecule has 0 atom stereocenters. The van der Waals surface area contributed by atoms with E-state index in [-0.39, 0.29) is 12.2 Å². The average Bonchev–Trinajstić information content (AvgIpc) is 2.18. The van der Waals surface area contributed by atoms with Gasteiger partial charge in [0.15, 0.2) is 0 Å². The number of rotatable bonds is 4. The third kappa shape index (κ3) is 4.33. The molecule has 0 saturated heterocycles. The number of nitrogens with one attached hydrogen (secondary N) is 2. The third-order valence-electron chi connectivity index (χ3n) is 1.87. The second-order valence-electron chi connectivity index (χ2n) is 3.46. The molecule has 1 aromatic carbocycles. The number of ketones is 1. The second-order valence-corrected chi connectivity index (χ2v) is 3.46. The number of nitrogens with two attached hydrogens (primary N) is 1. The SMILES string of the molecule is CC(=O)CC(=O)Nc1ccccc1NC(N)=O. The van der Waals surface area contributed by atoms with E-state index in [1.54, 1.807) is 24.3 Å². The quantitative estimate of drug-likeness (QED) is 0.681. The van der Waals surface area contributed by atoms with E-state index in [0.717, 1.165) is 0 Å². The zero-order valence-corrected chi connectivity index (χ0v) is 9.32. The number of carbonyl (C=O) groups is 3. The number of primary amides is 1. The number of benzene rings is 1. The number of amides is 3. The van der Waals surface area contributed by atoms with Crippen molar-refractivity contribution in [2.75, 3.05) is 10.6 Å². The maximum absolute atomic E-state index is 11.4.